The topological polar surface area (TPSA) is 121 Å². The van der Waals surface area contributed by atoms with Gasteiger partial charge in [0, 0.05) is 42.6 Å². The Balaban J connectivity index is 1.27. The number of hydrogen-bond donors (Lipinski definition) is 3. The van der Waals surface area contributed by atoms with Gasteiger partial charge in [0.05, 0.1) is 19.4 Å². The lowest BCUT2D eigenvalue weighted by Crippen LogP contribution is -2.36. The van der Waals surface area contributed by atoms with E-state index < -0.39 is 0 Å². The third-order valence-corrected chi connectivity index (χ3v) is 7.33. The van der Waals surface area contributed by atoms with Crippen molar-refractivity contribution in [1.82, 2.24) is 14.9 Å². The number of benzene rings is 2. The second kappa shape index (κ2) is 13.9. The monoisotopic (exact) mass is 571 g/mol. The molecule has 1 aromatic heterocycles. The first-order valence-corrected chi connectivity index (χ1v) is 14.2. The number of piperidine rings is 1. The average Bonchev–Trinajstić information content (AvgIpc) is 3.00. The number of likely N-dealkylation sites (tertiary alicyclic amines) is 1. The van der Waals surface area contributed by atoms with E-state index in [1.54, 1.807) is 30.5 Å². The number of carbonyl (C=O) groups is 2. The van der Waals surface area contributed by atoms with Gasteiger partial charge in [-0.2, -0.15) is 4.98 Å². The molecule has 3 N–H and O–H groups in total. The molecule has 0 aliphatic carbocycles. The van der Waals surface area contributed by atoms with E-state index in [0.29, 0.717) is 61.9 Å². The van der Waals surface area contributed by atoms with E-state index in [9.17, 15) is 9.59 Å². The van der Waals surface area contributed by atoms with Crippen LogP contribution in [0.4, 0.5) is 28.7 Å². The Morgan fingerprint density at radius 3 is 2.50 bits per heavy atom. The first-order chi connectivity index (χ1) is 20.4. The summed E-state index contributed by atoms with van der Waals surface area (Å²) in [6.45, 7) is 8.15. The van der Waals surface area contributed by atoms with E-state index in [0.717, 1.165) is 43.0 Å². The maximum Gasteiger partial charge on any atom is 0.248 e. The second-order valence-electron chi connectivity index (χ2n) is 10.5. The van der Waals surface area contributed by atoms with E-state index >= 15 is 0 Å². The van der Waals surface area contributed by atoms with Gasteiger partial charge in [0.15, 0.2) is 0 Å². The molecular weight excluding hydrogens is 534 g/mol. The molecule has 2 saturated heterocycles. The van der Waals surface area contributed by atoms with Crippen molar-refractivity contribution in [2.45, 2.75) is 19.3 Å². The van der Waals surface area contributed by atoms with E-state index in [1.165, 1.54) is 6.08 Å². The van der Waals surface area contributed by atoms with Gasteiger partial charge in [0.1, 0.15) is 11.4 Å². The Kier molecular flexibility index (Phi) is 9.62. The predicted octanol–water partition coefficient (Wildman–Crippen LogP) is 4.64. The van der Waals surface area contributed by atoms with Crippen molar-refractivity contribution in [1.29, 1.82) is 0 Å². The number of ether oxygens (including phenoxy) is 2. The van der Waals surface area contributed by atoms with Crippen LogP contribution in [0.15, 0.2) is 67.4 Å². The number of hydrogen-bond acceptors (Lipinski definition) is 9. The molecule has 2 aliphatic heterocycles. The largest absolute Gasteiger partial charge is 0.437 e. The highest BCUT2D eigenvalue weighted by Gasteiger charge is 2.21. The van der Waals surface area contributed by atoms with E-state index in [2.05, 4.69) is 49.3 Å². The smallest absolute Gasteiger partial charge is 0.248 e. The normalized spacial score (nSPS) is 16.0. The van der Waals surface area contributed by atoms with Crippen LogP contribution < -0.4 is 25.6 Å². The van der Waals surface area contributed by atoms with Crippen LogP contribution in [0.25, 0.3) is 0 Å². The first kappa shape index (κ1) is 29.0. The standard InChI is InChI=1S/C31H37N7O4/c1-3-28(39)34-25-5-4-6-26(20-25)42-30-27(38-15-17-41-18-16-38)21-32-31(36-30)35-24-9-7-23(8-10-24)33-29(40)19-22-11-13-37(2)14-12-22/h3-10,20-22H,1,11-19H2,2H3,(H,33,40)(H,34,39)(H,32,35,36). The zero-order valence-electron chi connectivity index (χ0n) is 23.8. The van der Waals surface area contributed by atoms with Crippen LogP contribution in [-0.2, 0) is 14.3 Å². The lowest BCUT2D eigenvalue weighted by atomic mass is 9.93. The molecule has 5 rings (SSSR count). The zero-order valence-corrected chi connectivity index (χ0v) is 23.8. The van der Waals surface area contributed by atoms with Crippen LogP contribution in [-0.4, -0.2) is 73.1 Å². The molecule has 11 nitrogen and oxygen atoms in total. The summed E-state index contributed by atoms with van der Waals surface area (Å²) < 4.78 is 11.7. The molecule has 0 radical (unpaired) electrons. The molecule has 2 aromatic carbocycles. The average molecular weight is 572 g/mol. The fourth-order valence-electron chi connectivity index (χ4n) is 4.96. The second-order valence-corrected chi connectivity index (χ2v) is 10.5. The van der Waals surface area contributed by atoms with Crippen LogP contribution in [0.3, 0.4) is 0 Å². The SMILES string of the molecule is C=CC(=O)Nc1cccc(Oc2nc(Nc3ccc(NC(=O)CC4CCN(C)CC4)cc3)ncc2N2CCOCC2)c1. The first-order valence-electron chi connectivity index (χ1n) is 14.2. The van der Waals surface area contributed by atoms with Crippen LogP contribution in [0, 0.1) is 5.92 Å². The molecule has 3 heterocycles. The van der Waals surface area contributed by atoms with Crippen molar-refractivity contribution >= 4 is 40.5 Å². The van der Waals surface area contributed by atoms with Crippen LogP contribution in [0.5, 0.6) is 11.6 Å². The summed E-state index contributed by atoms with van der Waals surface area (Å²) in [5.41, 5.74) is 2.83. The van der Waals surface area contributed by atoms with Gasteiger partial charge in [0.25, 0.3) is 0 Å². The van der Waals surface area contributed by atoms with E-state index in [4.69, 9.17) is 9.47 Å². The molecule has 42 heavy (non-hydrogen) atoms. The Morgan fingerprint density at radius 2 is 1.76 bits per heavy atom. The Morgan fingerprint density at radius 1 is 1.02 bits per heavy atom. The third-order valence-electron chi connectivity index (χ3n) is 7.33. The highest BCUT2D eigenvalue weighted by molar-refractivity contribution is 5.99. The van der Waals surface area contributed by atoms with Gasteiger partial charge in [-0.05, 0) is 81.4 Å². The molecule has 0 spiro atoms. The molecule has 2 fully saturated rings. The predicted molar refractivity (Wildman–Crippen MR) is 164 cm³/mol. The molecule has 220 valence electrons. The molecule has 0 unspecified atom stereocenters. The van der Waals surface area contributed by atoms with Gasteiger partial charge in [-0.25, -0.2) is 4.98 Å². The summed E-state index contributed by atoms with van der Waals surface area (Å²) in [5, 5.41) is 8.98. The minimum Gasteiger partial charge on any atom is -0.437 e. The summed E-state index contributed by atoms with van der Waals surface area (Å²) in [6, 6.07) is 14.5. The number of aromatic nitrogens is 2. The summed E-state index contributed by atoms with van der Waals surface area (Å²) in [4.78, 5) is 38.0. The molecule has 3 aromatic rings. The van der Waals surface area contributed by atoms with Crippen LogP contribution >= 0.6 is 0 Å². The van der Waals surface area contributed by atoms with Crippen molar-refractivity contribution in [3.8, 4) is 11.6 Å². The molecule has 0 bridgehead atoms. The number of amides is 2. The van der Waals surface area contributed by atoms with Crippen molar-refractivity contribution in [2.75, 3.05) is 67.3 Å². The lowest BCUT2D eigenvalue weighted by molar-refractivity contribution is -0.117. The summed E-state index contributed by atoms with van der Waals surface area (Å²) in [7, 11) is 2.12. The molecule has 2 amide bonds. The third kappa shape index (κ3) is 8.05. The lowest BCUT2D eigenvalue weighted by Gasteiger charge is -2.29. The van der Waals surface area contributed by atoms with Crippen molar-refractivity contribution < 1.29 is 19.1 Å². The highest BCUT2D eigenvalue weighted by atomic mass is 16.5. The number of nitrogens with zero attached hydrogens (tertiary/aromatic N) is 4. The Hall–Kier alpha value is -4.48. The molecule has 2 aliphatic rings. The minimum absolute atomic E-state index is 0.0437. The Labute approximate surface area is 245 Å². The van der Waals surface area contributed by atoms with E-state index in [1.807, 2.05) is 24.3 Å². The van der Waals surface area contributed by atoms with Crippen molar-refractivity contribution in [3.63, 3.8) is 0 Å². The van der Waals surface area contributed by atoms with Gasteiger partial charge in [-0.1, -0.05) is 12.6 Å². The van der Waals surface area contributed by atoms with E-state index in [-0.39, 0.29) is 11.8 Å². The van der Waals surface area contributed by atoms with Crippen LogP contribution in [0.2, 0.25) is 0 Å². The summed E-state index contributed by atoms with van der Waals surface area (Å²) in [6.07, 6.45) is 5.60. The number of carbonyl (C=O) groups excluding carboxylic acids is 2. The number of nitrogens with one attached hydrogen (secondary N) is 3. The maximum atomic E-state index is 12.6. The summed E-state index contributed by atoms with van der Waals surface area (Å²) >= 11 is 0. The minimum atomic E-state index is -0.308. The molecule has 0 atom stereocenters. The van der Waals surface area contributed by atoms with Crippen molar-refractivity contribution in [2.24, 2.45) is 5.92 Å². The molecule has 0 saturated carbocycles. The van der Waals surface area contributed by atoms with Gasteiger partial charge in [-0.15, -0.1) is 0 Å². The van der Waals surface area contributed by atoms with Gasteiger partial charge in [0.2, 0.25) is 23.6 Å². The van der Waals surface area contributed by atoms with Gasteiger partial charge in [-0.3, -0.25) is 9.59 Å². The maximum absolute atomic E-state index is 12.6. The van der Waals surface area contributed by atoms with Gasteiger partial charge < -0.3 is 35.2 Å². The van der Waals surface area contributed by atoms with Crippen molar-refractivity contribution in [3.05, 3.63) is 67.4 Å². The fraction of sp³-hybridized carbons (Fsp3) is 0.355. The number of morpholine rings is 1. The number of rotatable bonds is 10. The number of anilines is 5. The quantitative estimate of drug-likeness (QED) is 0.299. The molecular formula is C31H37N7O4. The fourth-order valence-corrected chi connectivity index (χ4v) is 4.96. The van der Waals surface area contributed by atoms with Crippen LogP contribution in [0.1, 0.15) is 19.3 Å². The molecule has 11 heteroatoms. The zero-order chi connectivity index (χ0) is 29.3. The summed E-state index contributed by atoms with van der Waals surface area (Å²) in [5.74, 6) is 1.41. The van der Waals surface area contributed by atoms with Gasteiger partial charge >= 0.3 is 0 Å². The Bertz CT molecular complexity index is 1380. The highest BCUT2D eigenvalue weighted by Crippen LogP contribution is 2.33.